The number of alkyl halides is 1. The van der Waals surface area contributed by atoms with Crippen LogP contribution in [0.15, 0.2) is 11.5 Å². The molecule has 0 radical (unpaired) electrons. The van der Waals surface area contributed by atoms with Gasteiger partial charge in [0.2, 0.25) is 5.24 Å². The van der Waals surface area contributed by atoms with E-state index in [1.165, 1.54) is 11.9 Å². The zero-order valence-electron chi connectivity index (χ0n) is 4.93. The number of rotatable bonds is 2. The van der Waals surface area contributed by atoms with Gasteiger partial charge in [-0.2, -0.15) is 0 Å². The fourth-order valence-corrected chi connectivity index (χ4v) is 1.98. The molecule has 0 aromatic carbocycles. The van der Waals surface area contributed by atoms with Crippen LogP contribution >= 0.6 is 35.1 Å². The maximum atomic E-state index is 10.4. The van der Waals surface area contributed by atoms with Crippen molar-refractivity contribution in [2.75, 3.05) is 0 Å². The first-order valence-electron chi connectivity index (χ1n) is 2.60. The molecule has 0 spiro atoms. The zero-order chi connectivity index (χ0) is 7.61. The molecule has 0 saturated heterocycles. The van der Waals surface area contributed by atoms with Crippen molar-refractivity contribution in [3.05, 3.63) is 11.5 Å². The molecule has 1 rings (SSSR count). The average molecular weight is 198 g/mol. The standard InChI is InChI=1S/C5H5Cl2NOS/c6-4(9)3-5(7)1-2-10-8-5/h1-2,8H,3H2. The monoisotopic (exact) mass is 197 g/mol. The van der Waals surface area contributed by atoms with E-state index in [1.54, 1.807) is 11.5 Å². The van der Waals surface area contributed by atoms with Crippen molar-refractivity contribution >= 4 is 40.4 Å². The fraction of sp³-hybridized carbons (Fsp3) is 0.400. The molecule has 0 amide bonds. The van der Waals surface area contributed by atoms with E-state index >= 15 is 0 Å². The molecular formula is C5H5Cl2NOS. The lowest BCUT2D eigenvalue weighted by atomic mass is 10.2. The summed E-state index contributed by atoms with van der Waals surface area (Å²) in [6, 6.07) is 0. The molecule has 1 atom stereocenters. The summed E-state index contributed by atoms with van der Waals surface area (Å²) in [6.07, 6.45) is 1.82. The highest BCUT2D eigenvalue weighted by Crippen LogP contribution is 2.28. The van der Waals surface area contributed by atoms with Crippen LogP contribution in [-0.4, -0.2) is 10.2 Å². The van der Waals surface area contributed by atoms with Crippen molar-refractivity contribution in [1.82, 2.24) is 4.72 Å². The summed E-state index contributed by atoms with van der Waals surface area (Å²) in [7, 11) is 0. The Kier molecular flexibility index (Phi) is 2.63. The molecule has 56 valence electrons. The first-order chi connectivity index (χ1) is 4.62. The second kappa shape index (κ2) is 3.13. The third-order valence-corrected chi connectivity index (χ3v) is 2.38. The Morgan fingerprint density at radius 1 is 1.80 bits per heavy atom. The molecule has 1 aliphatic rings. The van der Waals surface area contributed by atoms with E-state index in [9.17, 15) is 4.79 Å². The largest absolute Gasteiger partial charge is 0.281 e. The van der Waals surface area contributed by atoms with Crippen molar-refractivity contribution in [2.24, 2.45) is 0 Å². The lowest BCUT2D eigenvalue weighted by Crippen LogP contribution is -2.30. The quantitative estimate of drug-likeness (QED) is 0.317. The molecule has 0 aliphatic carbocycles. The Balaban J connectivity index is 2.52. The van der Waals surface area contributed by atoms with Gasteiger partial charge in [-0.25, -0.2) is 4.72 Å². The van der Waals surface area contributed by atoms with Crippen LogP contribution in [0.4, 0.5) is 0 Å². The molecule has 5 heteroatoms. The van der Waals surface area contributed by atoms with Crippen LogP contribution in [0.2, 0.25) is 0 Å². The molecule has 1 aliphatic heterocycles. The highest BCUT2D eigenvalue weighted by Gasteiger charge is 2.29. The van der Waals surface area contributed by atoms with E-state index in [0.717, 1.165) is 0 Å². The van der Waals surface area contributed by atoms with Gasteiger partial charge in [-0.1, -0.05) is 23.5 Å². The van der Waals surface area contributed by atoms with Gasteiger partial charge < -0.3 is 0 Å². The normalized spacial score (nSPS) is 31.0. The van der Waals surface area contributed by atoms with E-state index in [2.05, 4.69) is 4.72 Å². The molecule has 1 N–H and O–H groups in total. The van der Waals surface area contributed by atoms with E-state index in [4.69, 9.17) is 23.2 Å². The maximum Gasteiger partial charge on any atom is 0.225 e. The van der Waals surface area contributed by atoms with Crippen molar-refractivity contribution in [3.63, 3.8) is 0 Å². The Labute approximate surface area is 73.1 Å². The Morgan fingerprint density at radius 3 is 2.90 bits per heavy atom. The van der Waals surface area contributed by atoms with Gasteiger partial charge in [-0.15, -0.1) is 0 Å². The van der Waals surface area contributed by atoms with Crippen molar-refractivity contribution in [3.8, 4) is 0 Å². The Bertz CT molecular complexity index is 184. The smallest absolute Gasteiger partial charge is 0.225 e. The maximum absolute atomic E-state index is 10.4. The van der Waals surface area contributed by atoms with Crippen molar-refractivity contribution in [2.45, 2.75) is 11.4 Å². The van der Waals surface area contributed by atoms with Crippen molar-refractivity contribution in [1.29, 1.82) is 0 Å². The topological polar surface area (TPSA) is 29.1 Å². The van der Waals surface area contributed by atoms with E-state index in [-0.39, 0.29) is 6.42 Å². The number of halogens is 2. The number of hydrogen-bond donors (Lipinski definition) is 1. The average Bonchev–Trinajstić information content (AvgIpc) is 2.12. The van der Waals surface area contributed by atoms with Crippen LogP contribution in [-0.2, 0) is 4.79 Å². The number of hydrogen-bond acceptors (Lipinski definition) is 3. The molecule has 0 aromatic heterocycles. The highest BCUT2D eigenvalue weighted by atomic mass is 35.5. The predicted molar refractivity (Wildman–Crippen MR) is 43.9 cm³/mol. The number of nitrogens with one attached hydrogen (secondary N) is 1. The molecule has 0 fully saturated rings. The summed E-state index contributed by atoms with van der Waals surface area (Å²) in [6.45, 7) is 0. The molecule has 1 unspecified atom stereocenters. The molecule has 0 aromatic rings. The molecule has 2 nitrogen and oxygen atoms in total. The van der Waals surface area contributed by atoms with Gasteiger partial charge in [-0.05, 0) is 23.1 Å². The molecule has 10 heavy (non-hydrogen) atoms. The third kappa shape index (κ3) is 2.16. The summed E-state index contributed by atoms with van der Waals surface area (Å²) in [4.78, 5) is 9.64. The Morgan fingerprint density at radius 2 is 2.50 bits per heavy atom. The van der Waals surface area contributed by atoms with Gasteiger partial charge in [0.1, 0.15) is 5.00 Å². The minimum atomic E-state index is -0.760. The van der Waals surface area contributed by atoms with E-state index in [0.29, 0.717) is 0 Å². The third-order valence-electron chi connectivity index (χ3n) is 1.03. The minimum absolute atomic E-state index is 0.111. The fourth-order valence-electron chi connectivity index (χ4n) is 0.605. The van der Waals surface area contributed by atoms with Crippen LogP contribution < -0.4 is 4.72 Å². The van der Waals surface area contributed by atoms with Crippen LogP contribution in [0.5, 0.6) is 0 Å². The summed E-state index contributed by atoms with van der Waals surface area (Å²) in [5.41, 5.74) is 0. The highest BCUT2D eigenvalue weighted by molar-refractivity contribution is 8.00. The summed E-state index contributed by atoms with van der Waals surface area (Å²) in [5.74, 6) is 0. The SMILES string of the molecule is O=C(Cl)CC1(Cl)C=CSN1. The number of carbonyl (C=O) groups excluding carboxylic acids is 1. The van der Waals surface area contributed by atoms with Gasteiger partial charge in [-0.3, -0.25) is 4.79 Å². The Hall–Kier alpha value is 0.300. The second-order valence-electron chi connectivity index (χ2n) is 1.92. The first kappa shape index (κ1) is 8.40. The van der Waals surface area contributed by atoms with Gasteiger partial charge in [0.15, 0.2) is 0 Å². The molecular weight excluding hydrogens is 193 g/mol. The van der Waals surface area contributed by atoms with Gasteiger partial charge in [0.25, 0.3) is 0 Å². The molecule has 0 saturated carbocycles. The lowest BCUT2D eigenvalue weighted by Gasteiger charge is -2.15. The van der Waals surface area contributed by atoms with Gasteiger partial charge >= 0.3 is 0 Å². The zero-order valence-corrected chi connectivity index (χ0v) is 7.26. The minimum Gasteiger partial charge on any atom is -0.281 e. The lowest BCUT2D eigenvalue weighted by molar-refractivity contribution is -0.112. The van der Waals surface area contributed by atoms with Crippen LogP contribution in [0.1, 0.15) is 6.42 Å². The van der Waals surface area contributed by atoms with Crippen LogP contribution in [0.25, 0.3) is 0 Å². The summed E-state index contributed by atoms with van der Waals surface area (Å²) < 4.78 is 2.83. The summed E-state index contributed by atoms with van der Waals surface area (Å²) in [5, 5.41) is 1.35. The van der Waals surface area contributed by atoms with Gasteiger partial charge in [0.05, 0.1) is 6.42 Å². The number of carbonyl (C=O) groups is 1. The van der Waals surface area contributed by atoms with Crippen LogP contribution in [0.3, 0.4) is 0 Å². The summed E-state index contributed by atoms with van der Waals surface area (Å²) >= 11 is 12.3. The van der Waals surface area contributed by atoms with Crippen LogP contribution in [0, 0.1) is 0 Å². The van der Waals surface area contributed by atoms with E-state index < -0.39 is 10.2 Å². The first-order valence-corrected chi connectivity index (χ1v) is 4.24. The van der Waals surface area contributed by atoms with E-state index in [1.807, 2.05) is 0 Å². The predicted octanol–water partition coefficient (Wildman–Crippen LogP) is 1.84. The second-order valence-corrected chi connectivity index (χ2v) is 3.73. The molecule has 0 bridgehead atoms. The van der Waals surface area contributed by atoms with Gasteiger partial charge in [0, 0.05) is 0 Å². The molecule has 1 heterocycles. The van der Waals surface area contributed by atoms with Crippen molar-refractivity contribution < 1.29 is 4.79 Å².